The van der Waals surface area contributed by atoms with Crippen molar-refractivity contribution in [2.75, 3.05) is 26.3 Å². The molecule has 1 aliphatic heterocycles. The number of halogens is 2. The third-order valence-corrected chi connectivity index (χ3v) is 5.47. The van der Waals surface area contributed by atoms with Crippen molar-refractivity contribution in [3.63, 3.8) is 0 Å². The van der Waals surface area contributed by atoms with Crippen LogP contribution < -0.4 is 0 Å². The fourth-order valence-corrected chi connectivity index (χ4v) is 3.80. The maximum atomic E-state index is 12.6. The summed E-state index contributed by atoms with van der Waals surface area (Å²) in [5, 5.41) is 1.65. The predicted octanol–water partition coefficient (Wildman–Crippen LogP) is 3.90. The first-order valence-corrected chi connectivity index (χ1v) is 8.44. The van der Waals surface area contributed by atoms with E-state index >= 15 is 0 Å². The SMILES string of the molecule is Cc1nc(-c2cccc(Cl)c2Cl)sc1C(=O)N1CCOCC1. The van der Waals surface area contributed by atoms with E-state index in [1.54, 1.807) is 11.0 Å². The molecule has 0 radical (unpaired) electrons. The van der Waals surface area contributed by atoms with Crippen LogP contribution in [0.4, 0.5) is 0 Å². The molecule has 0 aliphatic carbocycles. The number of thiazole rings is 1. The zero-order valence-electron chi connectivity index (χ0n) is 11.9. The molecule has 1 aliphatic rings. The number of carbonyl (C=O) groups is 1. The number of aryl methyl sites for hydroxylation is 1. The number of rotatable bonds is 2. The highest BCUT2D eigenvalue weighted by molar-refractivity contribution is 7.17. The van der Waals surface area contributed by atoms with Gasteiger partial charge in [-0.25, -0.2) is 4.98 Å². The maximum Gasteiger partial charge on any atom is 0.266 e. The van der Waals surface area contributed by atoms with Gasteiger partial charge >= 0.3 is 0 Å². The molecule has 7 heteroatoms. The summed E-state index contributed by atoms with van der Waals surface area (Å²) in [6.07, 6.45) is 0. The molecular formula is C15H14Cl2N2O2S. The molecule has 1 amide bonds. The smallest absolute Gasteiger partial charge is 0.266 e. The Balaban J connectivity index is 1.93. The highest BCUT2D eigenvalue weighted by atomic mass is 35.5. The number of ether oxygens (including phenoxy) is 1. The Bertz CT molecular complexity index is 712. The van der Waals surface area contributed by atoms with Crippen LogP contribution >= 0.6 is 34.5 Å². The number of amides is 1. The van der Waals surface area contributed by atoms with Crippen molar-refractivity contribution in [2.24, 2.45) is 0 Å². The number of hydrogen-bond donors (Lipinski definition) is 0. The van der Waals surface area contributed by atoms with Gasteiger partial charge < -0.3 is 9.64 Å². The van der Waals surface area contributed by atoms with Gasteiger partial charge in [-0.15, -0.1) is 11.3 Å². The summed E-state index contributed by atoms with van der Waals surface area (Å²) in [6, 6.07) is 5.41. The van der Waals surface area contributed by atoms with E-state index in [1.165, 1.54) is 11.3 Å². The largest absolute Gasteiger partial charge is 0.378 e. The lowest BCUT2D eigenvalue weighted by Crippen LogP contribution is -2.40. The lowest BCUT2D eigenvalue weighted by atomic mass is 10.2. The van der Waals surface area contributed by atoms with Gasteiger partial charge in [0, 0.05) is 18.7 Å². The van der Waals surface area contributed by atoms with Crippen LogP contribution in [0, 0.1) is 6.92 Å². The second-order valence-electron chi connectivity index (χ2n) is 4.94. The molecule has 116 valence electrons. The molecule has 2 heterocycles. The van der Waals surface area contributed by atoms with E-state index in [0.717, 1.165) is 5.56 Å². The van der Waals surface area contributed by atoms with Gasteiger partial charge in [0.25, 0.3) is 5.91 Å². The number of hydrogen-bond acceptors (Lipinski definition) is 4. The number of nitrogens with zero attached hydrogens (tertiary/aromatic N) is 2. The van der Waals surface area contributed by atoms with Crippen LogP contribution in [0.1, 0.15) is 15.4 Å². The quantitative estimate of drug-likeness (QED) is 0.819. The number of benzene rings is 1. The summed E-state index contributed by atoms with van der Waals surface area (Å²) in [7, 11) is 0. The Morgan fingerprint density at radius 1 is 1.32 bits per heavy atom. The normalized spacial score (nSPS) is 15.1. The number of aromatic nitrogens is 1. The van der Waals surface area contributed by atoms with E-state index in [2.05, 4.69) is 4.98 Å². The van der Waals surface area contributed by atoms with Gasteiger partial charge in [0.15, 0.2) is 0 Å². The Labute approximate surface area is 142 Å². The average Bonchev–Trinajstić information content (AvgIpc) is 2.92. The van der Waals surface area contributed by atoms with E-state index in [9.17, 15) is 4.79 Å². The Kier molecular flexibility index (Phi) is 4.68. The second kappa shape index (κ2) is 6.54. The standard InChI is InChI=1S/C15H14Cl2N2O2S/c1-9-13(15(20)19-5-7-21-8-6-19)22-14(18-9)10-3-2-4-11(16)12(10)17/h2-4H,5-8H2,1H3. The molecule has 22 heavy (non-hydrogen) atoms. The number of morpholine rings is 1. The van der Waals surface area contributed by atoms with Crippen molar-refractivity contribution in [2.45, 2.75) is 6.92 Å². The predicted molar refractivity (Wildman–Crippen MR) is 89.0 cm³/mol. The molecule has 0 unspecified atom stereocenters. The Morgan fingerprint density at radius 3 is 2.77 bits per heavy atom. The van der Waals surface area contributed by atoms with E-state index in [0.29, 0.717) is 51.9 Å². The highest BCUT2D eigenvalue weighted by Gasteiger charge is 2.24. The molecule has 0 spiro atoms. The van der Waals surface area contributed by atoms with Crippen LogP contribution in [0.3, 0.4) is 0 Å². The minimum atomic E-state index is 0.00250. The molecule has 0 atom stereocenters. The van der Waals surface area contributed by atoms with Gasteiger partial charge in [0.05, 0.1) is 29.0 Å². The van der Waals surface area contributed by atoms with Gasteiger partial charge in [-0.2, -0.15) is 0 Å². The Hall–Kier alpha value is -1.14. The minimum Gasteiger partial charge on any atom is -0.378 e. The van der Waals surface area contributed by atoms with Crippen molar-refractivity contribution in [1.82, 2.24) is 9.88 Å². The van der Waals surface area contributed by atoms with Crippen molar-refractivity contribution in [3.05, 3.63) is 38.8 Å². The molecule has 1 saturated heterocycles. The monoisotopic (exact) mass is 356 g/mol. The third kappa shape index (κ3) is 2.99. The molecule has 0 N–H and O–H groups in total. The molecule has 4 nitrogen and oxygen atoms in total. The second-order valence-corrected chi connectivity index (χ2v) is 6.72. The summed E-state index contributed by atoms with van der Waals surface area (Å²) in [4.78, 5) is 19.5. The Morgan fingerprint density at radius 2 is 2.05 bits per heavy atom. The molecule has 3 rings (SSSR count). The van der Waals surface area contributed by atoms with Crippen LogP contribution in [0.2, 0.25) is 10.0 Å². The highest BCUT2D eigenvalue weighted by Crippen LogP contribution is 2.36. The first kappa shape index (κ1) is 15.7. The van der Waals surface area contributed by atoms with E-state index < -0.39 is 0 Å². The fraction of sp³-hybridized carbons (Fsp3) is 0.333. The molecule has 1 aromatic heterocycles. The minimum absolute atomic E-state index is 0.00250. The molecular weight excluding hydrogens is 343 g/mol. The first-order chi connectivity index (χ1) is 10.6. The zero-order valence-corrected chi connectivity index (χ0v) is 14.3. The molecule has 0 bridgehead atoms. The lowest BCUT2D eigenvalue weighted by molar-refractivity contribution is 0.0305. The van der Waals surface area contributed by atoms with E-state index in [4.69, 9.17) is 27.9 Å². The van der Waals surface area contributed by atoms with Gasteiger partial charge in [-0.1, -0.05) is 35.3 Å². The van der Waals surface area contributed by atoms with E-state index in [-0.39, 0.29) is 5.91 Å². The summed E-state index contributed by atoms with van der Waals surface area (Å²) in [6.45, 7) is 4.23. The average molecular weight is 357 g/mol. The van der Waals surface area contributed by atoms with Crippen molar-refractivity contribution >= 4 is 40.4 Å². The summed E-state index contributed by atoms with van der Waals surface area (Å²) >= 11 is 13.6. The van der Waals surface area contributed by atoms with Crippen LogP contribution in [0.25, 0.3) is 10.6 Å². The topological polar surface area (TPSA) is 42.4 Å². The van der Waals surface area contributed by atoms with Crippen LogP contribution in [0.5, 0.6) is 0 Å². The first-order valence-electron chi connectivity index (χ1n) is 6.86. The van der Waals surface area contributed by atoms with Crippen LogP contribution in [-0.4, -0.2) is 42.1 Å². The molecule has 1 aromatic carbocycles. The van der Waals surface area contributed by atoms with Gasteiger partial charge in [0.1, 0.15) is 9.88 Å². The van der Waals surface area contributed by atoms with Crippen molar-refractivity contribution in [3.8, 4) is 10.6 Å². The summed E-state index contributed by atoms with van der Waals surface area (Å²) < 4.78 is 5.28. The number of carbonyl (C=O) groups excluding carboxylic acids is 1. The zero-order chi connectivity index (χ0) is 15.7. The van der Waals surface area contributed by atoms with E-state index in [1.807, 2.05) is 19.1 Å². The van der Waals surface area contributed by atoms with Crippen LogP contribution in [-0.2, 0) is 4.74 Å². The molecule has 2 aromatic rings. The summed E-state index contributed by atoms with van der Waals surface area (Å²) in [5.41, 5.74) is 1.47. The summed E-state index contributed by atoms with van der Waals surface area (Å²) in [5.74, 6) is 0.00250. The maximum absolute atomic E-state index is 12.6. The van der Waals surface area contributed by atoms with Gasteiger partial charge in [-0.05, 0) is 13.0 Å². The van der Waals surface area contributed by atoms with Crippen molar-refractivity contribution < 1.29 is 9.53 Å². The fourth-order valence-electron chi connectivity index (χ4n) is 2.29. The van der Waals surface area contributed by atoms with Gasteiger partial charge in [0.2, 0.25) is 0 Å². The third-order valence-electron chi connectivity index (χ3n) is 3.47. The van der Waals surface area contributed by atoms with Crippen LogP contribution in [0.15, 0.2) is 18.2 Å². The van der Waals surface area contributed by atoms with Crippen molar-refractivity contribution in [1.29, 1.82) is 0 Å². The molecule has 0 saturated carbocycles. The lowest BCUT2D eigenvalue weighted by Gasteiger charge is -2.26. The van der Waals surface area contributed by atoms with Gasteiger partial charge in [-0.3, -0.25) is 4.79 Å². The molecule has 1 fully saturated rings.